The first-order valence-corrected chi connectivity index (χ1v) is 3.15. The molecule has 2 nitrogen and oxygen atoms in total. The van der Waals surface area contributed by atoms with Crippen molar-refractivity contribution < 1.29 is 5.11 Å². The van der Waals surface area contributed by atoms with Gasteiger partial charge in [0.05, 0.1) is 0 Å². The van der Waals surface area contributed by atoms with Crippen LogP contribution in [0.5, 0.6) is 0 Å². The largest absolute Gasteiger partial charge is 0.396 e. The zero-order valence-electron chi connectivity index (χ0n) is 6.01. The van der Waals surface area contributed by atoms with Crippen molar-refractivity contribution in [1.29, 1.82) is 0 Å². The Bertz CT molecular complexity index is 138. The second-order valence-corrected chi connectivity index (χ2v) is 1.75. The van der Waals surface area contributed by atoms with E-state index in [0.29, 0.717) is 6.42 Å². The molecule has 2 heteroatoms. The molecule has 0 aliphatic heterocycles. The third-order valence-electron chi connectivity index (χ3n) is 0.988. The fourth-order valence-corrected chi connectivity index (χ4v) is 0.597. The smallest absolute Gasteiger partial charge is 0.0485 e. The number of hydrogen-bond acceptors (Lipinski definition) is 2. The van der Waals surface area contributed by atoms with Crippen LogP contribution in [0, 0.1) is 0 Å². The van der Waals surface area contributed by atoms with Crippen LogP contribution in [0.1, 0.15) is 6.42 Å². The lowest BCUT2D eigenvalue weighted by atomic mass is 10.3. The summed E-state index contributed by atoms with van der Waals surface area (Å²) in [6.07, 6.45) is 5.66. The standard InChI is InChI=1S/C8H13NO/c1-3-5-8(6-7-10)9-4-2/h3-5,9-10H,1-2,6-7H2/b8-5+. The van der Waals surface area contributed by atoms with Crippen molar-refractivity contribution in [3.63, 3.8) is 0 Å². The van der Waals surface area contributed by atoms with Gasteiger partial charge in [0.25, 0.3) is 0 Å². The first-order chi connectivity index (χ1) is 4.85. The number of hydrogen-bond donors (Lipinski definition) is 2. The van der Waals surface area contributed by atoms with E-state index in [0.717, 1.165) is 5.70 Å². The van der Waals surface area contributed by atoms with E-state index in [-0.39, 0.29) is 6.61 Å². The minimum absolute atomic E-state index is 0.139. The summed E-state index contributed by atoms with van der Waals surface area (Å²) < 4.78 is 0. The summed E-state index contributed by atoms with van der Waals surface area (Å²) in [5.41, 5.74) is 0.924. The average molecular weight is 139 g/mol. The van der Waals surface area contributed by atoms with E-state index in [2.05, 4.69) is 18.5 Å². The highest BCUT2D eigenvalue weighted by Gasteiger charge is 1.88. The van der Waals surface area contributed by atoms with Crippen molar-refractivity contribution in [2.75, 3.05) is 6.61 Å². The van der Waals surface area contributed by atoms with Crippen molar-refractivity contribution in [3.05, 3.63) is 37.2 Å². The quantitative estimate of drug-likeness (QED) is 0.560. The van der Waals surface area contributed by atoms with Gasteiger partial charge >= 0.3 is 0 Å². The number of aliphatic hydroxyl groups excluding tert-OH is 1. The summed E-state index contributed by atoms with van der Waals surface area (Å²) in [4.78, 5) is 0. The Labute approximate surface area is 61.6 Å². The number of aliphatic hydroxyl groups is 1. The Kier molecular flexibility index (Phi) is 5.48. The molecule has 0 saturated heterocycles. The van der Waals surface area contributed by atoms with Gasteiger partial charge in [0.2, 0.25) is 0 Å². The molecular formula is C8H13NO. The minimum Gasteiger partial charge on any atom is -0.396 e. The van der Waals surface area contributed by atoms with E-state index >= 15 is 0 Å². The van der Waals surface area contributed by atoms with Crippen LogP contribution in [0.15, 0.2) is 37.2 Å². The second-order valence-electron chi connectivity index (χ2n) is 1.75. The van der Waals surface area contributed by atoms with Crippen molar-refractivity contribution in [3.8, 4) is 0 Å². The molecule has 0 aromatic rings. The van der Waals surface area contributed by atoms with Gasteiger partial charge in [-0.05, 0) is 12.3 Å². The van der Waals surface area contributed by atoms with Crippen LogP contribution in [0.25, 0.3) is 0 Å². The molecule has 0 unspecified atom stereocenters. The van der Waals surface area contributed by atoms with Gasteiger partial charge in [0.1, 0.15) is 0 Å². The van der Waals surface area contributed by atoms with Gasteiger partial charge < -0.3 is 10.4 Å². The molecule has 0 aliphatic carbocycles. The highest BCUT2D eigenvalue weighted by Crippen LogP contribution is 1.94. The number of nitrogens with one attached hydrogen (secondary N) is 1. The van der Waals surface area contributed by atoms with E-state index < -0.39 is 0 Å². The zero-order chi connectivity index (χ0) is 7.82. The molecule has 0 fully saturated rings. The Hall–Kier alpha value is -1.02. The van der Waals surface area contributed by atoms with Crippen LogP contribution >= 0.6 is 0 Å². The molecule has 0 aliphatic rings. The second kappa shape index (κ2) is 6.11. The van der Waals surface area contributed by atoms with Crippen LogP contribution in [0.3, 0.4) is 0 Å². The Morgan fingerprint density at radius 2 is 2.20 bits per heavy atom. The van der Waals surface area contributed by atoms with Gasteiger partial charge in [0, 0.05) is 18.7 Å². The minimum atomic E-state index is 0.139. The first-order valence-electron chi connectivity index (χ1n) is 3.15. The molecule has 0 rings (SSSR count). The maximum absolute atomic E-state index is 8.54. The fourth-order valence-electron chi connectivity index (χ4n) is 0.597. The lowest BCUT2D eigenvalue weighted by Gasteiger charge is -2.02. The maximum Gasteiger partial charge on any atom is 0.0485 e. The normalized spacial score (nSPS) is 10.7. The maximum atomic E-state index is 8.54. The molecular weight excluding hydrogens is 126 g/mol. The molecule has 2 N–H and O–H groups in total. The predicted molar refractivity (Wildman–Crippen MR) is 43.3 cm³/mol. The summed E-state index contributed by atoms with van der Waals surface area (Å²) in [7, 11) is 0. The van der Waals surface area contributed by atoms with E-state index in [1.54, 1.807) is 18.4 Å². The molecule has 56 valence electrons. The van der Waals surface area contributed by atoms with E-state index in [1.165, 1.54) is 0 Å². The third-order valence-corrected chi connectivity index (χ3v) is 0.988. The van der Waals surface area contributed by atoms with Crippen LogP contribution in [-0.4, -0.2) is 11.7 Å². The molecule has 0 aromatic heterocycles. The lowest BCUT2D eigenvalue weighted by molar-refractivity contribution is 0.297. The molecule has 0 bridgehead atoms. The van der Waals surface area contributed by atoms with Crippen LogP contribution in [0.4, 0.5) is 0 Å². The molecule has 0 heterocycles. The summed E-state index contributed by atoms with van der Waals surface area (Å²) in [5.74, 6) is 0. The van der Waals surface area contributed by atoms with Gasteiger partial charge in [-0.15, -0.1) is 0 Å². The summed E-state index contributed by atoms with van der Waals surface area (Å²) in [6.45, 7) is 7.17. The van der Waals surface area contributed by atoms with Gasteiger partial charge in [-0.2, -0.15) is 0 Å². The summed E-state index contributed by atoms with van der Waals surface area (Å²) in [5, 5.41) is 11.4. The molecule has 0 radical (unpaired) electrons. The summed E-state index contributed by atoms with van der Waals surface area (Å²) in [6, 6.07) is 0. The molecule has 0 atom stereocenters. The highest BCUT2D eigenvalue weighted by molar-refractivity contribution is 5.10. The van der Waals surface area contributed by atoms with Gasteiger partial charge in [-0.3, -0.25) is 0 Å². The Morgan fingerprint density at radius 1 is 1.50 bits per heavy atom. The third kappa shape index (κ3) is 3.92. The predicted octanol–water partition coefficient (Wildman–Crippen LogP) is 1.17. The van der Waals surface area contributed by atoms with E-state index in [4.69, 9.17) is 5.11 Å². The van der Waals surface area contributed by atoms with Gasteiger partial charge in [-0.25, -0.2) is 0 Å². The molecule has 0 amide bonds. The van der Waals surface area contributed by atoms with Crippen molar-refractivity contribution in [1.82, 2.24) is 5.32 Å². The van der Waals surface area contributed by atoms with E-state index in [1.807, 2.05) is 0 Å². The molecule has 0 aromatic carbocycles. The first kappa shape index (κ1) is 8.98. The number of allylic oxidation sites excluding steroid dienone is 2. The van der Waals surface area contributed by atoms with Crippen molar-refractivity contribution in [2.24, 2.45) is 0 Å². The zero-order valence-corrected chi connectivity index (χ0v) is 6.01. The number of rotatable bonds is 5. The molecule has 10 heavy (non-hydrogen) atoms. The van der Waals surface area contributed by atoms with Gasteiger partial charge in [-0.1, -0.05) is 19.2 Å². The SMILES string of the molecule is C=C/C=C(\CCO)NC=C. The van der Waals surface area contributed by atoms with Crippen LogP contribution in [0.2, 0.25) is 0 Å². The van der Waals surface area contributed by atoms with Crippen LogP contribution < -0.4 is 5.32 Å². The Morgan fingerprint density at radius 3 is 2.60 bits per heavy atom. The highest BCUT2D eigenvalue weighted by atomic mass is 16.3. The lowest BCUT2D eigenvalue weighted by Crippen LogP contribution is -2.05. The topological polar surface area (TPSA) is 32.3 Å². The summed E-state index contributed by atoms with van der Waals surface area (Å²) >= 11 is 0. The fraction of sp³-hybridized carbons (Fsp3) is 0.250. The van der Waals surface area contributed by atoms with Gasteiger partial charge in [0.15, 0.2) is 0 Å². The van der Waals surface area contributed by atoms with Crippen LogP contribution in [-0.2, 0) is 0 Å². The van der Waals surface area contributed by atoms with Crippen molar-refractivity contribution in [2.45, 2.75) is 6.42 Å². The van der Waals surface area contributed by atoms with Crippen molar-refractivity contribution >= 4 is 0 Å². The molecule has 0 saturated carbocycles. The Balaban J connectivity index is 3.82. The van der Waals surface area contributed by atoms with E-state index in [9.17, 15) is 0 Å². The average Bonchev–Trinajstić information content (AvgIpc) is 1.90. The monoisotopic (exact) mass is 139 g/mol. The molecule has 0 spiro atoms.